The Balaban J connectivity index is 1.60. The van der Waals surface area contributed by atoms with Crippen LogP contribution in [0, 0.1) is 10.1 Å². The number of nitro groups is 1. The average Bonchev–Trinajstić information content (AvgIpc) is 3.32. The van der Waals surface area contributed by atoms with Gasteiger partial charge < -0.3 is 4.90 Å². The maximum atomic E-state index is 13.1. The fourth-order valence-electron chi connectivity index (χ4n) is 3.25. The maximum Gasteiger partial charge on any atom is 0.269 e. The molecule has 2 aromatic carbocycles. The van der Waals surface area contributed by atoms with E-state index in [9.17, 15) is 19.7 Å². The van der Waals surface area contributed by atoms with E-state index < -0.39 is 4.92 Å². The predicted octanol–water partition coefficient (Wildman–Crippen LogP) is 3.36. The van der Waals surface area contributed by atoms with Gasteiger partial charge in [0.1, 0.15) is 6.67 Å². The average molecular weight is 410 g/mol. The first-order valence-corrected chi connectivity index (χ1v) is 10.00. The second-order valence-corrected chi connectivity index (χ2v) is 7.80. The third kappa shape index (κ3) is 4.09. The van der Waals surface area contributed by atoms with Crippen LogP contribution in [-0.2, 0) is 16.0 Å². The molecule has 1 aliphatic rings. The molecular formula is C20H18N4O4S. The molecule has 29 heavy (non-hydrogen) atoms. The van der Waals surface area contributed by atoms with Gasteiger partial charge in [-0.05, 0) is 24.1 Å². The Morgan fingerprint density at radius 3 is 2.62 bits per heavy atom. The number of benzene rings is 2. The van der Waals surface area contributed by atoms with E-state index in [2.05, 4.69) is 4.98 Å². The summed E-state index contributed by atoms with van der Waals surface area (Å²) >= 11 is 1.40. The Hall–Kier alpha value is -3.33. The summed E-state index contributed by atoms with van der Waals surface area (Å²) in [6.45, 7) is 0.773. The highest BCUT2D eigenvalue weighted by Crippen LogP contribution is 2.30. The Bertz CT molecular complexity index is 1050. The Morgan fingerprint density at radius 1 is 1.21 bits per heavy atom. The summed E-state index contributed by atoms with van der Waals surface area (Å²) in [4.78, 5) is 43.4. The van der Waals surface area contributed by atoms with Gasteiger partial charge in [-0.3, -0.25) is 24.6 Å². The van der Waals surface area contributed by atoms with Gasteiger partial charge in [-0.2, -0.15) is 0 Å². The van der Waals surface area contributed by atoms with Crippen LogP contribution in [0.3, 0.4) is 0 Å². The monoisotopic (exact) mass is 410 g/mol. The smallest absolute Gasteiger partial charge is 0.269 e. The molecule has 1 aliphatic heterocycles. The third-order valence-electron chi connectivity index (χ3n) is 4.80. The Kier molecular flexibility index (Phi) is 5.22. The molecule has 1 saturated heterocycles. The first kappa shape index (κ1) is 19.0. The second kappa shape index (κ2) is 7.96. The van der Waals surface area contributed by atoms with E-state index in [0.717, 1.165) is 16.6 Å². The summed E-state index contributed by atoms with van der Waals surface area (Å²) in [5.41, 5.74) is 1.44. The molecule has 0 radical (unpaired) electrons. The zero-order valence-electron chi connectivity index (χ0n) is 15.5. The lowest BCUT2D eigenvalue weighted by Gasteiger charge is -2.26. The van der Waals surface area contributed by atoms with Crippen LogP contribution >= 0.6 is 11.3 Å². The first-order chi connectivity index (χ1) is 14.0. The molecule has 0 bridgehead atoms. The molecule has 9 heteroatoms. The van der Waals surface area contributed by atoms with Gasteiger partial charge in [0.25, 0.3) is 5.69 Å². The highest BCUT2D eigenvalue weighted by molar-refractivity contribution is 7.22. The van der Waals surface area contributed by atoms with Gasteiger partial charge in [0.05, 0.1) is 21.6 Å². The van der Waals surface area contributed by atoms with Crippen molar-refractivity contribution >= 4 is 44.2 Å². The quantitative estimate of drug-likeness (QED) is 0.459. The molecule has 1 fully saturated rings. The summed E-state index contributed by atoms with van der Waals surface area (Å²) in [5, 5.41) is 11.4. The number of nitro benzene ring substituents is 1. The molecule has 2 heterocycles. The maximum absolute atomic E-state index is 13.1. The zero-order chi connectivity index (χ0) is 20.4. The molecule has 0 atom stereocenters. The number of thiazole rings is 1. The second-order valence-electron chi connectivity index (χ2n) is 6.79. The van der Waals surface area contributed by atoms with Crippen LogP contribution in [0.5, 0.6) is 0 Å². The van der Waals surface area contributed by atoms with Gasteiger partial charge in [0.2, 0.25) is 11.8 Å². The summed E-state index contributed by atoms with van der Waals surface area (Å²) in [7, 11) is 0. The molecule has 3 aromatic rings. The van der Waals surface area contributed by atoms with E-state index in [1.54, 1.807) is 17.0 Å². The molecule has 0 aliphatic carbocycles. The highest BCUT2D eigenvalue weighted by Gasteiger charge is 2.27. The molecule has 148 valence electrons. The number of para-hydroxylation sites is 1. The number of nitrogens with zero attached hydrogens (tertiary/aromatic N) is 4. The lowest BCUT2D eigenvalue weighted by Crippen LogP contribution is -2.43. The number of rotatable bonds is 6. The molecule has 2 amide bonds. The normalized spacial score (nSPS) is 13.8. The topological polar surface area (TPSA) is 96.7 Å². The number of carbonyl (C=O) groups is 2. The fraction of sp³-hybridized carbons (Fsp3) is 0.250. The first-order valence-electron chi connectivity index (χ1n) is 9.18. The van der Waals surface area contributed by atoms with E-state index in [-0.39, 0.29) is 30.6 Å². The van der Waals surface area contributed by atoms with Crippen LogP contribution in [0.4, 0.5) is 10.8 Å². The molecule has 0 N–H and O–H groups in total. The fourth-order valence-corrected chi connectivity index (χ4v) is 4.23. The minimum atomic E-state index is -0.474. The molecule has 0 spiro atoms. The number of hydrogen-bond donors (Lipinski definition) is 0. The van der Waals surface area contributed by atoms with Gasteiger partial charge in [-0.1, -0.05) is 35.6 Å². The highest BCUT2D eigenvalue weighted by atomic mass is 32.1. The minimum absolute atomic E-state index is 0.0214. The van der Waals surface area contributed by atoms with Gasteiger partial charge in [0, 0.05) is 25.1 Å². The van der Waals surface area contributed by atoms with Crippen LogP contribution in [-0.4, -0.2) is 39.8 Å². The van der Waals surface area contributed by atoms with Crippen molar-refractivity contribution in [2.45, 2.75) is 19.3 Å². The summed E-state index contributed by atoms with van der Waals surface area (Å²) in [6.07, 6.45) is 1.34. The van der Waals surface area contributed by atoms with Crippen LogP contribution in [0.2, 0.25) is 0 Å². The number of non-ortho nitro benzene ring substituents is 1. The summed E-state index contributed by atoms with van der Waals surface area (Å²) in [6, 6.07) is 13.5. The number of carbonyl (C=O) groups excluding carboxylic acids is 2. The summed E-state index contributed by atoms with van der Waals surface area (Å²) in [5.74, 6) is -0.183. The Morgan fingerprint density at radius 2 is 1.97 bits per heavy atom. The van der Waals surface area contributed by atoms with Crippen LogP contribution in [0.1, 0.15) is 18.4 Å². The van der Waals surface area contributed by atoms with E-state index in [1.165, 1.54) is 28.4 Å². The van der Waals surface area contributed by atoms with Gasteiger partial charge in [0.15, 0.2) is 5.13 Å². The van der Waals surface area contributed by atoms with Crippen molar-refractivity contribution in [2.75, 3.05) is 18.1 Å². The van der Waals surface area contributed by atoms with Crippen molar-refractivity contribution in [1.29, 1.82) is 0 Å². The minimum Gasteiger partial charge on any atom is -0.324 e. The summed E-state index contributed by atoms with van der Waals surface area (Å²) < 4.78 is 0.961. The molecule has 4 rings (SSSR count). The van der Waals surface area contributed by atoms with E-state index in [1.807, 2.05) is 24.3 Å². The van der Waals surface area contributed by atoms with Crippen molar-refractivity contribution in [1.82, 2.24) is 9.88 Å². The van der Waals surface area contributed by atoms with Crippen molar-refractivity contribution in [3.63, 3.8) is 0 Å². The molecule has 0 unspecified atom stereocenters. The number of likely N-dealkylation sites (tertiary alicyclic amines) is 1. The number of anilines is 1. The van der Waals surface area contributed by atoms with Crippen molar-refractivity contribution < 1.29 is 14.5 Å². The Labute approximate surface area is 170 Å². The van der Waals surface area contributed by atoms with E-state index >= 15 is 0 Å². The number of amides is 2. The van der Waals surface area contributed by atoms with Gasteiger partial charge >= 0.3 is 0 Å². The van der Waals surface area contributed by atoms with Crippen LogP contribution in [0.25, 0.3) is 10.2 Å². The van der Waals surface area contributed by atoms with Crippen LogP contribution < -0.4 is 4.90 Å². The molecular weight excluding hydrogens is 392 g/mol. The largest absolute Gasteiger partial charge is 0.324 e. The standard InChI is InChI=1S/C20H18N4O4S/c25-18-6-3-11-22(18)13-23(20-21-16-4-1-2-5-17(16)29-20)19(26)12-14-7-9-15(10-8-14)24(27)28/h1-2,4-5,7-10H,3,6,11-13H2. The van der Waals surface area contributed by atoms with Crippen LogP contribution in [0.15, 0.2) is 48.5 Å². The number of fused-ring (bicyclic) bond motifs is 1. The number of hydrogen-bond acceptors (Lipinski definition) is 6. The van der Waals surface area contributed by atoms with Crippen molar-refractivity contribution in [2.24, 2.45) is 0 Å². The number of aromatic nitrogens is 1. The van der Waals surface area contributed by atoms with Gasteiger partial charge in [-0.15, -0.1) is 0 Å². The molecule has 0 saturated carbocycles. The lowest BCUT2D eigenvalue weighted by atomic mass is 10.1. The van der Waals surface area contributed by atoms with Gasteiger partial charge in [-0.25, -0.2) is 4.98 Å². The third-order valence-corrected chi connectivity index (χ3v) is 5.86. The molecule has 1 aromatic heterocycles. The van der Waals surface area contributed by atoms with Crippen molar-refractivity contribution in [3.8, 4) is 0 Å². The zero-order valence-corrected chi connectivity index (χ0v) is 16.3. The van der Waals surface area contributed by atoms with E-state index in [0.29, 0.717) is 23.7 Å². The van der Waals surface area contributed by atoms with E-state index in [4.69, 9.17) is 0 Å². The molecule has 8 nitrogen and oxygen atoms in total. The SMILES string of the molecule is O=C1CCCN1CN(C(=O)Cc1ccc([N+](=O)[O-])cc1)c1nc2ccccc2s1. The predicted molar refractivity (Wildman–Crippen MR) is 110 cm³/mol. The lowest BCUT2D eigenvalue weighted by molar-refractivity contribution is -0.384. The van der Waals surface area contributed by atoms with Crippen molar-refractivity contribution in [3.05, 3.63) is 64.2 Å².